The summed E-state index contributed by atoms with van der Waals surface area (Å²) in [5.74, 6) is -2.05. The Morgan fingerprint density at radius 2 is 1.02 bits per heavy atom. The quantitative estimate of drug-likeness (QED) is 0.156. The third-order valence-corrected chi connectivity index (χ3v) is 12.0. The Labute approximate surface area is 328 Å². The summed E-state index contributed by atoms with van der Waals surface area (Å²) in [5.41, 5.74) is 2.41. The van der Waals surface area contributed by atoms with Gasteiger partial charge in [-0.15, -0.1) is 0 Å². The molecule has 14 nitrogen and oxygen atoms in total. The second-order valence-corrected chi connectivity index (χ2v) is 15.5. The lowest BCUT2D eigenvalue weighted by molar-refractivity contribution is -0.133. The summed E-state index contributed by atoms with van der Waals surface area (Å²) < 4.78 is 13.0. The number of carbonyl (C=O) groups is 8. The first-order valence-corrected chi connectivity index (χ1v) is 19.4. The number of likely N-dealkylation sites (N-methyl/N-ethyl adjacent to an activating group) is 2. The van der Waals surface area contributed by atoms with Gasteiger partial charge in [0.15, 0.2) is 11.5 Å². The maximum absolute atomic E-state index is 12.9. The van der Waals surface area contributed by atoms with Gasteiger partial charge in [0, 0.05) is 70.3 Å². The Hall–Kier alpha value is -4.78. The highest BCUT2D eigenvalue weighted by Crippen LogP contribution is 2.69. The van der Waals surface area contributed by atoms with E-state index in [-0.39, 0.29) is 41.0 Å². The molecule has 18 heteroatoms. The van der Waals surface area contributed by atoms with Crippen molar-refractivity contribution in [3.63, 3.8) is 0 Å². The molecule has 0 bridgehead atoms. The van der Waals surface area contributed by atoms with Gasteiger partial charge >= 0.3 is 11.9 Å². The third kappa shape index (κ3) is 10.5. The van der Waals surface area contributed by atoms with Crippen LogP contribution in [-0.2, 0) is 38.4 Å². The van der Waals surface area contributed by atoms with Crippen molar-refractivity contribution >= 4 is 94.9 Å². The van der Waals surface area contributed by atoms with Crippen molar-refractivity contribution in [2.45, 2.75) is 74.0 Å². The molecule has 2 aliphatic carbocycles. The summed E-state index contributed by atoms with van der Waals surface area (Å²) in [4.78, 5) is 94.7. The molecule has 0 atom stereocenters. The Morgan fingerprint density at radius 1 is 0.630 bits per heavy atom. The minimum atomic E-state index is -0.572. The number of hydrogen-bond donors (Lipinski definition) is 4. The summed E-state index contributed by atoms with van der Waals surface area (Å²) in [6.45, 7) is 8.62. The first-order valence-electron chi connectivity index (χ1n) is 16.2. The van der Waals surface area contributed by atoms with Crippen LogP contribution < -0.4 is 30.7 Å². The van der Waals surface area contributed by atoms with Crippen LogP contribution in [0.2, 0.25) is 0 Å². The van der Waals surface area contributed by atoms with Crippen LogP contribution in [0.15, 0.2) is 86.3 Å². The van der Waals surface area contributed by atoms with E-state index in [2.05, 4.69) is 21.3 Å². The Bertz CT molecular complexity index is 1950. The first-order chi connectivity index (χ1) is 25.7. The number of ether oxygens (including phenoxy) is 2. The number of aldehydes is 2. The number of rotatable bonds is 8. The van der Waals surface area contributed by atoms with E-state index in [0.29, 0.717) is 47.2 Å². The van der Waals surface area contributed by atoms with Crippen molar-refractivity contribution in [3.05, 3.63) is 66.7 Å². The normalized spacial score (nSPS) is 15.3. The van der Waals surface area contributed by atoms with Crippen LogP contribution >= 0.6 is 47.0 Å². The predicted molar refractivity (Wildman–Crippen MR) is 207 cm³/mol. The summed E-state index contributed by atoms with van der Waals surface area (Å²) in [6, 6.07) is 0. The molecule has 5 rings (SSSR count). The minimum Gasteiger partial charge on any atom is -0.424 e. The van der Waals surface area contributed by atoms with Crippen LogP contribution in [0.25, 0.3) is 0 Å². The van der Waals surface area contributed by atoms with Gasteiger partial charge in [0.1, 0.15) is 12.6 Å². The second kappa shape index (κ2) is 20.1. The number of allylic oxidation sites excluding steroid dienone is 4. The third-order valence-electron chi connectivity index (χ3n) is 6.79. The lowest BCUT2D eigenvalue weighted by atomic mass is 10.0. The van der Waals surface area contributed by atoms with Gasteiger partial charge in [-0.25, -0.2) is 0 Å². The fourth-order valence-corrected chi connectivity index (χ4v) is 10.3. The van der Waals surface area contributed by atoms with Crippen LogP contribution in [0.4, 0.5) is 0 Å². The second-order valence-electron chi connectivity index (χ2n) is 10.9. The average Bonchev–Trinajstić information content (AvgIpc) is 3.73. The average molecular weight is 815 g/mol. The zero-order valence-corrected chi connectivity index (χ0v) is 33.9. The van der Waals surface area contributed by atoms with E-state index in [1.807, 2.05) is 6.92 Å². The highest BCUT2D eigenvalue weighted by Gasteiger charge is 2.40. The number of amides is 2. The van der Waals surface area contributed by atoms with Crippen LogP contribution in [0.3, 0.4) is 0 Å². The zero-order chi connectivity index (χ0) is 40.3. The van der Waals surface area contributed by atoms with E-state index in [4.69, 9.17) is 19.1 Å². The number of ketones is 2. The maximum Gasteiger partial charge on any atom is 0.308 e. The molecule has 0 spiro atoms. The van der Waals surface area contributed by atoms with Crippen molar-refractivity contribution in [1.29, 1.82) is 0 Å². The number of esters is 2. The molecule has 0 unspecified atom stereocenters. The number of nitrogens with one attached hydrogen (secondary N) is 4. The van der Waals surface area contributed by atoms with E-state index in [1.54, 1.807) is 20.2 Å². The van der Waals surface area contributed by atoms with Crippen LogP contribution in [0.1, 0.15) is 54.4 Å². The van der Waals surface area contributed by atoms with Gasteiger partial charge in [-0.3, -0.25) is 28.8 Å². The topological polar surface area (TPSA) is 203 Å². The van der Waals surface area contributed by atoms with Gasteiger partial charge in [-0.2, -0.15) is 0 Å². The molecule has 0 radical (unpaired) electrons. The largest absolute Gasteiger partial charge is 0.424 e. The standard InChI is InChI=1S/C32H30N4O8S4.2C2H4O/c1-7-8-24(42)36-21-10-17(19(12-23(21)41)35-13(2)37)32-47-29-25(43-14(3)38)27-28(26(30(29)48-32)44-15(4)39)46-31(45-27)16-9-20(34-6)22(40)11-18(16)33-5;2*1-2-3/h9-12,33-34H,7-8H2,1-6H3,(H,35,37)(H,36,42);2*2H,1H3. The lowest BCUT2D eigenvalue weighted by Crippen LogP contribution is -2.31. The first kappa shape index (κ1) is 43.6. The van der Waals surface area contributed by atoms with E-state index in [9.17, 15) is 28.8 Å². The van der Waals surface area contributed by atoms with E-state index in [1.165, 1.54) is 99.9 Å². The van der Waals surface area contributed by atoms with Crippen LogP contribution in [0.5, 0.6) is 11.5 Å². The van der Waals surface area contributed by atoms with Gasteiger partial charge in [0.2, 0.25) is 23.4 Å². The van der Waals surface area contributed by atoms with E-state index >= 15 is 0 Å². The fraction of sp³-hybridized carbons (Fsp3) is 0.278. The molecule has 4 aliphatic rings. The number of benzene rings is 1. The van der Waals surface area contributed by atoms with Crippen LogP contribution in [0, 0.1) is 0 Å². The molecule has 2 aliphatic heterocycles. The van der Waals surface area contributed by atoms with Crippen molar-refractivity contribution in [2.24, 2.45) is 0 Å². The summed E-state index contributed by atoms with van der Waals surface area (Å²) in [6.07, 6.45) is 8.27. The molecule has 2 amide bonds. The highest BCUT2D eigenvalue weighted by atomic mass is 32.2. The molecular weight excluding hydrogens is 777 g/mol. The molecule has 4 N–H and O–H groups in total. The number of hydrogen-bond acceptors (Lipinski definition) is 16. The van der Waals surface area contributed by atoms with Crippen molar-refractivity contribution in [3.8, 4) is 11.5 Å². The molecule has 286 valence electrons. The van der Waals surface area contributed by atoms with Crippen molar-refractivity contribution in [2.75, 3.05) is 14.1 Å². The fourth-order valence-electron chi connectivity index (χ4n) is 4.82. The van der Waals surface area contributed by atoms with E-state index < -0.39 is 23.6 Å². The van der Waals surface area contributed by atoms with E-state index in [0.717, 1.165) is 22.4 Å². The Kier molecular flexibility index (Phi) is 16.2. The SMILES string of the molecule is CC=O.CC=O.CCCC(=O)NC1=CC(=C2Sc3c(OC(C)=O)c4c(c(OC(C)=O)c3S2)SC(=C2C=C(NC)C(=O)C=C2NC)S4)C(NC(C)=O)=CC1=O. The molecule has 0 saturated carbocycles. The van der Waals surface area contributed by atoms with Gasteiger partial charge in [0.05, 0.1) is 45.1 Å². The highest BCUT2D eigenvalue weighted by molar-refractivity contribution is 8.26. The molecule has 0 saturated heterocycles. The Morgan fingerprint density at radius 3 is 1.41 bits per heavy atom. The smallest absolute Gasteiger partial charge is 0.308 e. The number of fused-ring (bicyclic) bond motifs is 2. The monoisotopic (exact) mass is 814 g/mol. The van der Waals surface area contributed by atoms with Gasteiger partial charge in [-0.05, 0) is 32.4 Å². The van der Waals surface area contributed by atoms with Crippen molar-refractivity contribution < 1.29 is 47.8 Å². The van der Waals surface area contributed by atoms with Gasteiger partial charge < -0.3 is 40.3 Å². The molecule has 54 heavy (non-hydrogen) atoms. The summed E-state index contributed by atoms with van der Waals surface area (Å²) in [7, 11) is 3.36. The van der Waals surface area contributed by atoms with Gasteiger partial charge in [0.25, 0.3) is 0 Å². The molecule has 2 heterocycles. The van der Waals surface area contributed by atoms with Crippen LogP contribution in [-0.4, -0.2) is 62.0 Å². The van der Waals surface area contributed by atoms with Gasteiger partial charge in [-0.1, -0.05) is 54.0 Å². The molecule has 1 aromatic rings. The maximum atomic E-state index is 12.9. The molecule has 0 aromatic heterocycles. The lowest BCUT2D eigenvalue weighted by Gasteiger charge is -2.18. The summed E-state index contributed by atoms with van der Waals surface area (Å²) >= 11 is 5.04. The molecule has 1 aromatic carbocycles. The number of thioether (sulfide) groups is 4. The minimum absolute atomic E-state index is 0.0425. The predicted octanol–water partition coefficient (Wildman–Crippen LogP) is 4.96. The molecule has 0 fully saturated rings. The Balaban J connectivity index is 0.00000122. The van der Waals surface area contributed by atoms with Crippen molar-refractivity contribution in [1.82, 2.24) is 21.3 Å². The number of carbonyl (C=O) groups excluding carboxylic acids is 8. The summed E-state index contributed by atoms with van der Waals surface area (Å²) in [5, 5.41) is 11.3. The zero-order valence-electron chi connectivity index (χ0n) is 30.6. The molecular formula is C36H38N4O10S4.